The highest BCUT2D eigenvalue weighted by molar-refractivity contribution is 7.10. The Labute approximate surface area is 187 Å². The molecule has 0 bridgehead atoms. The summed E-state index contributed by atoms with van der Waals surface area (Å²) < 4.78 is 0. The van der Waals surface area contributed by atoms with Crippen LogP contribution in [0.1, 0.15) is 50.8 Å². The number of carbonyl (C=O) groups is 2. The summed E-state index contributed by atoms with van der Waals surface area (Å²) in [6, 6.07) is 19.9. The van der Waals surface area contributed by atoms with E-state index in [1.165, 1.54) is 21.6 Å². The molecule has 2 amide bonds. The summed E-state index contributed by atoms with van der Waals surface area (Å²) in [5, 5.41) is 2.12. The van der Waals surface area contributed by atoms with Gasteiger partial charge < -0.3 is 9.80 Å². The number of rotatable bonds is 5. The van der Waals surface area contributed by atoms with Crippen molar-refractivity contribution < 1.29 is 9.59 Å². The van der Waals surface area contributed by atoms with Crippen LogP contribution in [0.25, 0.3) is 0 Å². The molecule has 2 aliphatic rings. The van der Waals surface area contributed by atoms with Gasteiger partial charge in [-0.15, -0.1) is 11.3 Å². The Kier molecular flexibility index (Phi) is 5.36. The van der Waals surface area contributed by atoms with Crippen molar-refractivity contribution >= 4 is 23.2 Å². The summed E-state index contributed by atoms with van der Waals surface area (Å²) in [6.45, 7) is 2.93. The zero-order chi connectivity index (χ0) is 21.4. The van der Waals surface area contributed by atoms with E-state index in [-0.39, 0.29) is 30.4 Å². The largest absolute Gasteiger partial charge is 0.330 e. The SMILES string of the molecule is Cc1ccccc1C1c2ccsc2CCN1C(=O)CN(C(=O)c1ccccc1)C1CC1. The van der Waals surface area contributed by atoms with E-state index in [0.717, 1.165) is 19.3 Å². The second-order valence-corrected chi connectivity index (χ2v) is 9.43. The van der Waals surface area contributed by atoms with Gasteiger partial charge in [-0.2, -0.15) is 0 Å². The minimum absolute atomic E-state index is 0.0290. The molecule has 0 saturated heterocycles. The van der Waals surface area contributed by atoms with E-state index in [1.807, 2.05) is 47.4 Å². The summed E-state index contributed by atoms with van der Waals surface area (Å²) in [5.74, 6) is -0.0154. The number of hydrogen-bond donors (Lipinski definition) is 0. The zero-order valence-corrected chi connectivity index (χ0v) is 18.5. The smallest absolute Gasteiger partial charge is 0.254 e. The third-order valence-electron chi connectivity index (χ3n) is 6.34. The number of nitrogens with zero attached hydrogens (tertiary/aromatic N) is 2. The van der Waals surface area contributed by atoms with Crippen molar-refractivity contribution in [2.24, 2.45) is 0 Å². The molecule has 1 fully saturated rings. The Morgan fingerprint density at radius 3 is 2.48 bits per heavy atom. The number of aryl methyl sites for hydroxylation is 1. The summed E-state index contributed by atoms with van der Waals surface area (Å²) in [5.41, 5.74) is 4.23. The van der Waals surface area contributed by atoms with Crippen molar-refractivity contribution in [2.45, 2.75) is 38.3 Å². The first-order chi connectivity index (χ1) is 15.1. The van der Waals surface area contributed by atoms with E-state index in [4.69, 9.17) is 0 Å². The van der Waals surface area contributed by atoms with E-state index in [2.05, 4.69) is 30.5 Å². The molecule has 1 aliphatic carbocycles. The highest BCUT2D eigenvalue weighted by Crippen LogP contribution is 2.39. The Bertz CT molecular complexity index is 1100. The van der Waals surface area contributed by atoms with Crippen molar-refractivity contribution in [1.29, 1.82) is 0 Å². The molecule has 1 unspecified atom stereocenters. The lowest BCUT2D eigenvalue weighted by Gasteiger charge is -2.38. The van der Waals surface area contributed by atoms with Crippen LogP contribution in [-0.4, -0.2) is 40.7 Å². The molecule has 3 aromatic rings. The van der Waals surface area contributed by atoms with E-state index >= 15 is 0 Å². The molecule has 0 N–H and O–H groups in total. The molecular weight excluding hydrogens is 404 g/mol. The standard InChI is InChI=1S/C26H26N2O2S/c1-18-7-5-6-10-21(18)25-22-14-16-31-23(22)13-15-27(25)24(29)17-28(20-11-12-20)26(30)19-8-3-2-4-9-19/h2-10,14,16,20,25H,11-13,15,17H2,1H3. The van der Waals surface area contributed by atoms with E-state index < -0.39 is 0 Å². The summed E-state index contributed by atoms with van der Waals surface area (Å²) in [4.78, 5) is 31.9. The summed E-state index contributed by atoms with van der Waals surface area (Å²) in [6.07, 6.45) is 2.82. The average Bonchev–Trinajstić information content (AvgIpc) is 3.53. The molecule has 2 aromatic carbocycles. The number of amides is 2. The molecule has 1 aliphatic heterocycles. The molecule has 2 heterocycles. The van der Waals surface area contributed by atoms with Gasteiger partial charge >= 0.3 is 0 Å². The highest BCUT2D eigenvalue weighted by atomic mass is 32.1. The van der Waals surface area contributed by atoms with Crippen LogP contribution in [0, 0.1) is 6.92 Å². The van der Waals surface area contributed by atoms with Gasteiger partial charge in [0.25, 0.3) is 5.91 Å². The fourth-order valence-corrected chi connectivity index (χ4v) is 5.45. The van der Waals surface area contributed by atoms with E-state index in [1.54, 1.807) is 16.2 Å². The lowest BCUT2D eigenvalue weighted by Crippen LogP contribution is -2.47. The molecule has 31 heavy (non-hydrogen) atoms. The van der Waals surface area contributed by atoms with Gasteiger partial charge in [0.05, 0.1) is 6.04 Å². The maximum atomic E-state index is 13.6. The average molecular weight is 431 g/mol. The van der Waals surface area contributed by atoms with Gasteiger partial charge in [0.1, 0.15) is 6.54 Å². The molecule has 5 rings (SSSR count). The molecule has 1 atom stereocenters. The topological polar surface area (TPSA) is 40.6 Å². The fourth-order valence-electron chi connectivity index (χ4n) is 4.55. The van der Waals surface area contributed by atoms with Gasteiger partial charge in [0.2, 0.25) is 5.91 Å². The van der Waals surface area contributed by atoms with Crippen molar-refractivity contribution in [3.8, 4) is 0 Å². The van der Waals surface area contributed by atoms with Gasteiger partial charge in [-0.3, -0.25) is 9.59 Å². The monoisotopic (exact) mass is 430 g/mol. The van der Waals surface area contributed by atoms with Gasteiger partial charge in [0, 0.05) is 23.0 Å². The number of benzene rings is 2. The third kappa shape index (κ3) is 3.90. The molecular formula is C26H26N2O2S. The highest BCUT2D eigenvalue weighted by Gasteiger charge is 2.38. The Balaban J connectivity index is 1.44. The quantitative estimate of drug-likeness (QED) is 0.581. The Morgan fingerprint density at radius 2 is 1.74 bits per heavy atom. The first kappa shape index (κ1) is 20.0. The van der Waals surface area contributed by atoms with Crippen LogP contribution in [0.15, 0.2) is 66.0 Å². The number of thiophene rings is 1. The molecule has 0 radical (unpaired) electrons. The van der Waals surface area contributed by atoms with Crippen molar-refractivity contribution in [2.75, 3.05) is 13.1 Å². The minimum atomic E-state index is -0.0865. The zero-order valence-electron chi connectivity index (χ0n) is 17.7. The number of hydrogen-bond acceptors (Lipinski definition) is 3. The summed E-state index contributed by atoms with van der Waals surface area (Å²) >= 11 is 1.77. The molecule has 1 saturated carbocycles. The normalized spacial score (nSPS) is 17.8. The van der Waals surface area contributed by atoms with E-state index in [0.29, 0.717) is 12.1 Å². The lowest BCUT2D eigenvalue weighted by molar-refractivity contribution is -0.134. The molecule has 4 nitrogen and oxygen atoms in total. The van der Waals surface area contributed by atoms with Crippen LogP contribution in [0.4, 0.5) is 0 Å². The van der Waals surface area contributed by atoms with Gasteiger partial charge in [-0.1, -0.05) is 42.5 Å². The maximum absolute atomic E-state index is 13.6. The molecule has 5 heteroatoms. The van der Waals surface area contributed by atoms with Gasteiger partial charge in [-0.25, -0.2) is 0 Å². The first-order valence-electron chi connectivity index (χ1n) is 10.9. The van der Waals surface area contributed by atoms with Crippen LogP contribution in [-0.2, 0) is 11.2 Å². The van der Waals surface area contributed by atoms with Crippen LogP contribution < -0.4 is 0 Å². The first-order valence-corrected chi connectivity index (χ1v) is 11.8. The maximum Gasteiger partial charge on any atom is 0.254 e. The van der Waals surface area contributed by atoms with Gasteiger partial charge in [-0.05, 0) is 66.5 Å². The molecule has 1 aromatic heterocycles. The van der Waals surface area contributed by atoms with Crippen LogP contribution in [0.5, 0.6) is 0 Å². The van der Waals surface area contributed by atoms with Crippen LogP contribution >= 0.6 is 11.3 Å². The predicted octanol–water partition coefficient (Wildman–Crippen LogP) is 4.84. The second kappa shape index (κ2) is 8.31. The summed E-state index contributed by atoms with van der Waals surface area (Å²) in [7, 11) is 0. The minimum Gasteiger partial charge on any atom is -0.330 e. The fraction of sp³-hybridized carbons (Fsp3) is 0.308. The second-order valence-electron chi connectivity index (χ2n) is 8.43. The Hall–Kier alpha value is -2.92. The molecule has 0 spiro atoms. The number of fused-ring (bicyclic) bond motifs is 1. The van der Waals surface area contributed by atoms with Crippen LogP contribution in [0.2, 0.25) is 0 Å². The Morgan fingerprint density at radius 1 is 1.00 bits per heavy atom. The third-order valence-corrected chi connectivity index (χ3v) is 7.34. The van der Waals surface area contributed by atoms with Crippen LogP contribution in [0.3, 0.4) is 0 Å². The molecule has 158 valence electrons. The number of carbonyl (C=O) groups excluding carboxylic acids is 2. The van der Waals surface area contributed by atoms with Crippen molar-refractivity contribution in [3.63, 3.8) is 0 Å². The van der Waals surface area contributed by atoms with Crippen molar-refractivity contribution in [1.82, 2.24) is 9.80 Å². The van der Waals surface area contributed by atoms with Gasteiger partial charge in [0.15, 0.2) is 0 Å². The predicted molar refractivity (Wildman–Crippen MR) is 123 cm³/mol. The van der Waals surface area contributed by atoms with E-state index in [9.17, 15) is 9.59 Å². The van der Waals surface area contributed by atoms with Crippen molar-refractivity contribution in [3.05, 3.63) is 93.2 Å². The lowest BCUT2D eigenvalue weighted by atomic mass is 9.90.